The van der Waals surface area contributed by atoms with E-state index in [1.165, 1.54) is 87.9 Å². The number of benzene rings is 8. The van der Waals surface area contributed by atoms with Crippen LogP contribution in [0, 0.1) is 11.3 Å². The maximum Gasteiger partial charge on any atom is 0.0992 e. The molecule has 0 saturated carbocycles. The summed E-state index contributed by atoms with van der Waals surface area (Å²) in [6.45, 7) is 0. The highest BCUT2D eigenvalue weighted by Crippen LogP contribution is 2.43. The van der Waals surface area contributed by atoms with Gasteiger partial charge in [0.2, 0.25) is 0 Å². The maximum atomic E-state index is 10.1. The average Bonchev–Trinajstić information content (AvgIpc) is 3.72. The zero-order chi connectivity index (χ0) is 35.0. The molecule has 0 fully saturated rings. The van der Waals surface area contributed by atoms with Crippen LogP contribution in [0.5, 0.6) is 0 Å². The first kappa shape index (κ1) is 29.7. The molecule has 2 aromatic heterocycles. The Labute approximate surface area is 307 Å². The summed E-state index contributed by atoms with van der Waals surface area (Å²) in [6.07, 6.45) is 8.84. The summed E-state index contributed by atoms with van der Waals surface area (Å²) >= 11 is 0. The fraction of sp³-hybridized carbons (Fsp3) is 0.0392. The van der Waals surface area contributed by atoms with E-state index in [9.17, 15) is 5.26 Å². The first-order valence-corrected chi connectivity index (χ1v) is 18.4. The predicted molar refractivity (Wildman–Crippen MR) is 223 cm³/mol. The van der Waals surface area contributed by atoms with E-state index in [0.717, 1.165) is 29.1 Å². The Balaban J connectivity index is 1.07. The number of nitrogens with zero attached hydrogens (tertiary/aromatic N) is 2. The third kappa shape index (κ3) is 4.72. The molecule has 2 heteroatoms. The molecular formula is C51H32N2. The molecule has 246 valence electrons. The number of hydrogen-bond donors (Lipinski definition) is 0. The monoisotopic (exact) mass is 672 g/mol. The lowest BCUT2D eigenvalue weighted by atomic mass is 9.94. The summed E-state index contributed by atoms with van der Waals surface area (Å²) in [4.78, 5) is 0. The molecule has 0 N–H and O–H groups in total. The third-order valence-corrected chi connectivity index (χ3v) is 11.4. The van der Waals surface area contributed by atoms with Crippen LogP contribution in [-0.2, 0) is 0 Å². The second-order valence-corrected chi connectivity index (χ2v) is 14.4. The number of allylic oxidation sites excluding steroid dienone is 4. The fourth-order valence-corrected chi connectivity index (χ4v) is 8.66. The summed E-state index contributed by atoms with van der Waals surface area (Å²) in [5.74, 6) is 0. The van der Waals surface area contributed by atoms with E-state index in [1.54, 1.807) is 0 Å². The Hall–Kier alpha value is -6.95. The van der Waals surface area contributed by atoms with Crippen LogP contribution < -0.4 is 0 Å². The van der Waals surface area contributed by atoms with Gasteiger partial charge in [-0.1, -0.05) is 121 Å². The van der Waals surface area contributed by atoms with E-state index in [4.69, 9.17) is 0 Å². The van der Waals surface area contributed by atoms with Crippen LogP contribution in [0.3, 0.4) is 0 Å². The van der Waals surface area contributed by atoms with Crippen LogP contribution in [0.1, 0.15) is 24.0 Å². The molecule has 11 rings (SSSR count). The summed E-state index contributed by atoms with van der Waals surface area (Å²) in [5.41, 5.74) is 14.2. The van der Waals surface area contributed by atoms with Gasteiger partial charge in [0.05, 0.1) is 28.2 Å². The molecule has 2 nitrogen and oxygen atoms in total. The summed E-state index contributed by atoms with van der Waals surface area (Å²) in [7, 11) is 0. The van der Waals surface area contributed by atoms with Gasteiger partial charge in [-0.3, -0.25) is 0 Å². The van der Waals surface area contributed by atoms with E-state index in [0.29, 0.717) is 5.56 Å². The predicted octanol–water partition coefficient (Wildman–Crippen LogP) is 13.7. The molecule has 0 saturated heterocycles. The van der Waals surface area contributed by atoms with Crippen LogP contribution in [-0.4, -0.2) is 4.40 Å². The molecule has 0 spiro atoms. The topological polar surface area (TPSA) is 28.2 Å². The van der Waals surface area contributed by atoms with E-state index in [1.807, 2.05) is 0 Å². The smallest absolute Gasteiger partial charge is 0.0992 e. The van der Waals surface area contributed by atoms with Crippen molar-refractivity contribution in [3.8, 4) is 39.4 Å². The molecule has 8 aromatic carbocycles. The number of aromatic nitrogens is 1. The van der Waals surface area contributed by atoms with Crippen molar-refractivity contribution in [2.24, 2.45) is 0 Å². The molecule has 0 atom stereocenters. The van der Waals surface area contributed by atoms with Gasteiger partial charge in [-0.05, 0) is 127 Å². The van der Waals surface area contributed by atoms with Crippen molar-refractivity contribution in [3.05, 3.63) is 181 Å². The normalized spacial score (nSPS) is 13.2. The number of nitriles is 1. The minimum atomic E-state index is 0.688. The highest BCUT2D eigenvalue weighted by Gasteiger charge is 2.20. The zero-order valence-electron chi connectivity index (χ0n) is 29.0. The van der Waals surface area contributed by atoms with Gasteiger partial charge in [0.15, 0.2) is 0 Å². The van der Waals surface area contributed by atoms with Gasteiger partial charge < -0.3 is 4.40 Å². The summed E-state index contributed by atoms with van der Waals surface area (Å²) in [6, 6.07) is 57.9. The van der Waals surface area contributed by atoms with Gasteiger partial charge in [0.1, 0.15) is 0 Å². The summed E-state index contributed by atoms with van der Waals surface area (Å²) in [5, 5.41) is 19.5. The lowest BCUT2D eigenvalue weighted by Gasteiger charge is -2.11. The Morgan fingerprint density at radius 2 is 0.962 bits per heavy atom. The van der Waals surface area contributed by atoms with Gasteiger partial charge in [-0.25, -0.2) is 0 Å². The molecule has 0 unspecified atom stereocenters. The number of fused-ring (bicyclic) bond motifs is 8. The Morgan fingerprint density at radius 1 is 0.453 bits per heavy atom. The second kappa shape index (κ2) is 11.5. The van der Waals surface area contributed by atoms with Gasteiger partial charge >= 0.3 is 0 Å². The van der Waals surface area contributed by atoms with Crippen molar-refractivity contribution in [2.45, 2.75) is 12.8 Å². The Morgan fingerprint density at radius 3 is 1.49 bits per heavy atom. The van der Waals surface area contributed by atoms with Crippen molar-refractivity contribution in [3.63, 3.8) is 0 Å². The lowest BCUT2D eigenvalue weighted by molar-refractivity contribution is 1.05. The highest BCUT2D eigenvalue weighted by atomic mass is 14.9. The standard InChI is InChI=1S/C51H32N2/c52-31-32-23-47-45-27-41-21-19-39(37-15-11-35(12-16-37)33-7-3-1-4-8-33)25-43(41)29-49(45)53-50-30-44-26-40(20-22-42(44)28-46(50)48(24-32)51(47)53)38-17-13-36(14-18-38)34-9-5-2-6-10-34/h1-5,7-9,11-30H,6,10H2. The van der Waals surface area contributed by atoms with E-state index < -0.39 is 0 Å². The third-order valence-electron chi connectivity index (χ3n) is 11.4. The first-order valence-electron chi connectivity index (χ1n) is 18.4. The molecule has 0 bridgehead atoms. The summed E-state index contributed by atoms with van der Waals surface area (Å²) < 4.78 is 2.44. The molecule has 1 aliphatic carbocycles. The number of hydrogen-bond acceptors (Lipinski definition) is 1. The fourth-order valence-electron chi connectivity index (χ4n) is 8.66. The SMILES string of the molecule is N#Cc1cc2c3cc4ccc(-c5ccc(C6=CC=CCC6)cc5)cc4cc3n3c4cc5cc(-c6ccc(-c7ccccc7)cc6)ccc5cc4c(c1)c23. The van der Waals surface area contributed by atoms with Crippen molar-refractivity contribution in [1.29, 1.82) is 5.26 Å². The lowest BCUT2D eigenvalue weighted by Crippen LogP contribution is -1.88. The molecule has 0 radical (unpaired) electrons. The maximum absolute atomic E-state index is 10.1. The highest BCUT2D eigenvalue weighted by molar-refractivity contribution is 6.26. The molecule has 53 heavy (non-hydrogen) atoms. The Bertz CT molecular complexity index is 3190. The minimum absolute atomic E-state index is 0.688. The van der Waals surface area contributed by atoms with Crippen LogP contribution in [0.15, 0.2) is 170 Å². The first-order chi connectivity index (χ1) is 26.2. The van der Waals surface area contributed by atoms with Crippen molar-refractivity contribution >= 4 is 65.2 Å². The molecule has 2 heterocycles. The minimum Gasteiger partial charge on any atom is -0.308 e. The van der Waals surface area contributed by atoms with Gasteiger partial charge in [0, 0.05) is 21.5 Å². The zero-order valence-corrected chi connectivity index (χ0v) is 29.0. The number of rotatable bonds is 4. The largest absolute Gasteiger partial charge is 0.308 e. The molecular weight excluding hydrogens is 641 g/mol. The van der Waals surface area contributed by atoms with E-state index in [2.05, 4.69) is 180 Å². The second-order valence-electron chi connectivity index (χ2n) is 14.4. The van der Waals surface area contributed by atoms with E-state index in [-0.39, 0.29) is 0 Å². The van der Waals surface area contributed by atoms with Crippen LogP contribution in [0.25, 0.3) is 98.6 Å². The Kier molecular flexibility index (Phi) is 6.48. The van der Waals surface area contributed by atoms with Crippen LogP contribution in [0.2, 0.25) is 0 Å². The molecule has 0 amide bonds. The van der Waals surface area contributed by atoms with E-state index >= 15 is 0 Å². The quantitative estimate of drug-likeness (QED) is 0.183. The molecule has 1 aliphatic rings. The van der Waals surface area contributed by atoms with Gasteiger partial charge in [0.25, 0.3) is 0 Å². The van der Waals surface area contributed by atoms with Crippen LogP contribution in [0.4, 0.5) is 0 Å². The average molecular weight is 673 g/mol. The molecule has 0 aliphatic heterocycles. The van der Waals surface area contributed by atoms with Gasteiger partial charge in [-0.15, -0.1) is 0 Å². The molecule has 10 aromatic rings. The van der Waals surface area contributed by atoms with Gasteiger partial charge in [-0.2, -0.15) is 5.26 Å². The van der Waals surface area contributed by atoms with Crippen LogP contribution >= 0.6 is 0 Å². The van der Waals surface area contributed by atoms with Crippen molar-refractivity contribution < 1.29 is 0 Å². The van der Waals surface area contributed by atoms with Crippen molar-refractivity contribution in [2.75, 3.05) is 0 Å². The van der Waals surface area contributed by atoms with Crippen molar-refractivity contribution in [1.82, 2.24) is 4.40 Å².